The Kier molecular flexibility index (Phi) is 3.88. The van der Waals surface area contributed by atoms with Gasteiger partial charge in [0.1, 0.15) is 0 Å². The summed E-state index contributed by atoms with van der Waals surface area (Å²) in [6, 6.07) is 0. The van der Waals surface area contributed by atoms with Crippen LogP contribution in [0.4, 0.5) is 5.13 Å². The fraction of sp³-hybridized carbons (Fsp3) is 0.556. The lowest BCUT2D eigenvalue weighted by Gasteiger charge is -1.98. The zero-order chi connectivity index (χ0) is 10.6. The van der Waals surface area contributed by atoms with Crippen molar-refractivity contribution in [3.63, 3.8) is 0 Å². The van der Waals surface area contributed by atoms with Gasteiger partial charge in [0.15, 0.2) is 10.8 Å². The fourth-order valence-electron chi connectivity index (χ4n) is 1.13. The van der Waals surface area contributed by atoms with Gasteiger partial charge >= 0.3 is 5.97 Å². The van der Waals surface area contributed by atoms with Crippen LogP contribution in [0, 0.1) is 0 Å². The Morgan fingerprint density at radius 2 is 2.36 bits per heavy atom. The third-order valence-corrected chi connectivity index (χ3v) is 2.79. The van der Waals surface area contributed by atoms with E-state index in [0.717, 1.165) is 24.1 Å². The molecule has 0 saturated heterocycles. The monoisotopic (exact) mass is 214 g/mol. The SMILES string of the molecule is CCCCc1sc(N)nc1C(=O)OC. The number of aryl methyl sites for hydroxylation is 1. The molecule has 0 unspecified atom stereocenters. The molecule has 0 saturated carbocycles. The van der Waals surface area contributed by atoms with Crippen LogP contribution in [0.2, 0.25) is 0 Å². The number of esters is 1. The first kappa shape index (κ1) is 11.0. The van der Waals surface area contributed by atoms with Crippen LogP contribution in [0.15, 0.2) is 0 Å². The van der Waals surface area contributed by atoms with Crippen molar-refractivity contribution in [2.24, 2.45) is 0 Å². The van der Waals surface area contributed by atoms with Gasteiger partial charge in [-0.1, -0.05) is 13.3 Å². The first-order valence-corrected chi connectivity index (χ1v) is 5.34. The highest BCUT2D eigenvalue weighted by Crippen LogP contribution is 2.22. The van der Waals surface area contributed by atoms with E-state index in [1.807, 2.05) is 0 Å². The molecular formula is C9H14N2O2S. The Labute approximate surface area is 87.1 Å². The molecule has 78 valence electrons. The maximum absolute atomic E-state index is 11.3. The molecule has 0 amide bonds. The van der Waals surface area contributed by atoms with Gasteiger partial charge in [0, 0.05) is 4.88 Å². The van der Waals surface area contributed by atoms with Gasteiger partial charge in [0.25, 0.3) is 0 Å². The van der Waals surface area contributed by atoms with E-state index in [1.165, 1.54) is 18.4 Å². The topological polar surface area (TPSA) is 65.2 Å². The molecule has 0 radical (unpaired) electrons. The van der Waals surface area contributed by atoms with Gasteiger partial charge in [0.05, 0.1) is 7.11 Å². The Morgan fingerprint density at radius 3 is 2.93 bits per heavy atom. The molecule has 0 aliphatic carbocycles. The summed E-state index contributed by atoms with van der Waals surface area (Å²) in [6.07, 6.45) is 2.96. The van der Waals surface area contributed by atoms with E-state index in [9.17, 15) is 4.79 Å². The van der Waals surface area contributed by atoms with Crippen LogP contribution >= 0.6 is 11.3 Å². The van der Waals surface area contributed by atoms with Crippen molar-refractivity contribution < 1.29 is 9.53 Å². The molecule has 0 aliphatic heterocycles. The number of hydrogen-bond donors (Lipinski definition) is 1. The van der Waals surface area contributed by atoms with Crippen molar-refractivity contribution in [2.75, 3.05) is 12.8 Å². The number of aromatic nitrogens is 1. The van der Waals surface area contributed by atoms with Crippen LogP contribution in [-0.4, -0.2) is 18.1 Å². The van der Waals surface area contributed by atoms with E-state index >= 15 is 0 Å². The minimum Gasteiger partial charge on any atom is -0.464 e. The highest BCUT2D eigenvalue weighted by molar-refractivity contribution is 7.15. The molecule has 0 aliphatic rings. The van der Waals surface area contributed by atoms with Gasteiger partial charge in [0.2, 0.25) is 0 Å². The number of methoxy groups -OCH3 is 1. The summed E-state index contributed by atoms with van der Waals surface area (Å²) in [5.41, 5.74) is 5.92. The molecule has 0 aromatic carbocycles. The zero-order valence-electron chi connectivity index (χ0n) is 8.37. The normalized spacial score (nSPS) is 10.1. The number of unbranched alkanes of at least 4 members (excludes halogenated alkanes) is 1. The van der Waals surface area contributed by atoms with E-state index in [-0.39, 0.29) is 0 Å². The van der Waals surface area contributed by atoms with E-state index < -0.39 is 5.97 Å². The molecule has 0 spiro atoms. The summed E-state index contributed by atoms with van der Waals surface area (Å²) in [5, 5.41) is 0.427. The van der Waals surface area contributed by atoms with Crippen LogP contribution in [-0.2, 0) is 11.2 Å². The number of rotatable bonds is 4. The maximum Gasteiger partial charge on any atom is 0.357 e. The smallest absolute Gasteiger partial charge is 0.357 e. The zero-order valence-corrected chi connectivity index (χ0v) is 9.19. The molecule has 1 rings (SSSR count). The first-order valence-electron chi connectivity index (χ1n) is 4.52. The predicted octanol–water partition coefficient (Wildman–Crippen LogP) is 1.85. The number of thiazole rings is 1. The summed E-state index contributed by atoms with van der Waals surface area (Å²) in [6.45, 7) is 2.10. The van der Waals surface area contributed by atoms with E-state index in [2.05, 4.69) is 16.6 Å². The summed E-state index contributed by atoms with van der Waals surface area (Å²) in [4.78, 5) is 16.2. The number of nitrogens with two attached hydrogens (primary N) is 1. The quantitative estimate of drug-likeness (QED) is 0.777. The highest BCUT2D eigenvalue weighted by atomic mass is 32.1. The molecule has 14 heavy (non-hydrogen) atoms. The third-order valence-electron chi connectivity index (χ3n) is 1.85. The van der Waals surface area contributed by atoms with Crippen molar-refractivity contribution >= 4 is 22.4 Å². The van der Waals surface area contributed by atoms with Crippen LogP contribution in [0.3, 0.4) is 0 Å². The molecule has 0 bridgehead atoms. The second kappa shape index (κ2) is 4.95. The maximum atomic E-state index is 11.3. The molecule has 2 N–H and O–H groups in total. The van der Waals surface area contributed by atoms with E-state index in [4.69, 9.17) is 5.73 Å². The second-order valence-corrected chi connectivity index (χ2v) is 4.03. The molecule has 5 heteroatoms. The standard InChI is InChI=1S/C9H14N2O2S/c1-3-4-5-6-7(8(12)13-2)11-9(10)14-6/h3-5H2,1-2H3,(H2,10,11). The molecular weight excluding hydrogens is 200 g/mol. The molecule has 0 fully saturated rings. The van der Waals surface area contributed by atoms with Gasteiger partial charge in [-0.05, 0) is 12.8 Å². The summed E-state index contributed by atoms with van der Waals surface area (Å²) in [7, 11) is 1.35. The Balaban J connectivity index is 2.85. The van der Waals surface area contributed by atoms with Crippen molar-refractivity contribution in [3.8, 4) is 0 Å². The third kappa shape index (κ3) is 2.45. The molecule has 4 nitrogen and oxygen atoms in total. The predicted molar refractivity (Wildman–Crippen MR) is 56.5 cm³/mol. The van der Waals surface area contributed by atoms with Crippen LogP contribution in [0.5, 0.6) is 0 Å². The summed E-state index contributed by atoms with van der Waals surface area (Å²) < 4.78 is 4.62. The number of nitrogen functional groups attached to an aromatic ring is 1. The average Bonchev–Trinajstić information content (AvgIpc) is 2.55. The lowest BCUT2D eigenvalue weighted by atomic mass is 10.2. The number of hydrogen-bond acceptors (Lipinski definition) is 5. The van der Waals surface area contributed by atoms with E-state index in [0.29, 0.717) is 10.8 Å². The lowest BCUT2D eigenvalue weighted by molar-refractivity contribution is 0.0594. The van der Waals surface area contributed by atoms with E-state index in [1.54, 1.807) is 0 Å². The van der Waals surface area contributed by atoms with Gasteiger partial charge in [-0.25, -0.2) is 9.78 Å². The van der Waals surface area contributed by atoms with Crippen LogP contribution in [0.1, 0.15) is 35.1 Å². The van der Waals surface area contributed by atoms with Crippen LogP contribution < -0.4 is 5.73 Å². The van der Waals surface area contributed by atoms with Crippen molar-refractivity contribution in [2.45, 2.75) is 26.2 Å². The highest BCUT2D eigenvalue weighted by Gasteiger charge is 2.16. The average molecular weight is 214 g/mol. The Morgan fingerprint density at radius 1 is 1.64 bits per heavy atom. The molecule has 1 heterocycles. The molecule has 1 aromatic heterocycles. The lowest BCUT2D eigenvalue weighted by Crippen LogP contribution is -2.05. The Hall–Kier alpha value is -1.10. The van der Waals surface area contributed by atoms with Crippen molar-refractivity contribution in [3.05, 3.63) is 10.6 Å². The van der Waals surface area contributed by atoms with Gasteiger partial charge in [-0.2, -0.15) is 0 Å². The largest absolute Gasteiger partial charge is 0.464 e. The Bertz CT molecular complexity index is 323. The second-order valence-electron chi connectivity index (χ2n) is 2.92. The number of carbonyl (C=O) groups excluding carboxylic acids is 1. The first-order chi connectivity index (χ1) is 6.69. The van der Waals surface area contributed by atoms with Gasteiger partial charge < -0.3 is 10.5 Å². The van der Waals surface area contributed by atoms with Gasteiger partial charge in [-0.15, -0.1) is 11.3 Å². The number of ether oxygens (including phenoxy) is 1. The summed E-state index contributed by atoms with van der Waals surface area (Å²) >= 11 is 1.36. The molecule has 0 atom stereocenters. The summed E-state index contributed by atoms with van der Waals surface area (Å²) in [5.74, 6) is -0.399. The minimum absolute atomic E-state index is 0.378. The van der Waals surface area contributed by atoms with Gasteiger partial charge in [-0.3, -0.25) is 0 Å². The number of nitrogens with zero attached hydrogens (tertiary/aromatic N) is 1. The van der Waals surface area contributed by atoms with Crippen molar-refractivity contribution in [1.29, 1.82) is 0 Å². The molecule has 1 aromatic rings. The number of carbonyl (C=O) groups is 1. The van der Waals surface area contributed by atoms with Crippen LogP contribution in [0.25, 0.3) is 0 Å². The number of anilines is 1. The van der Waals surface area contributed by atoms with Crippen molar-refractivity contribution in [1.82, 2.24) is 4.98 Å². The fourth-order valence-corrected chi connectivity index (χ4v) is 1.99. The minimum atomic E-state index is -0.399.